The predicted molar refractivity (Wildman–Crippen MR) is 385 cm³/mol. The number of aliphatic hydroxyl groups excluding tert-OH is 1. The number of nitrogens with zero attached hydrogens (tertiary/aromatic N) is 8. The van der Waals surface area contributed by atoms with Gasteiger partial charge in [0.2, 0.25) is 12.3 Å². The Morgan fingerprint density at radius 1 is 0.860 bits per heavy atom. The molecule has 1 aromatic carbocycles. The van der Waals surface area contributed by atoms with Crippen molar-refractivity contribution in [3.8, 4) is 38.4 Å². The Bertz CT molecular complexity index is 4920. The lowest BCUT2D eigenvalue weighted by Gasteiger charge is -2.48. The number of thiazole rings is 5. The van der Waals surface area contributed by atoms with E-state index in [1.165, 1.54) is 53.9 Å². The lowest BCUT2D eigenvalue weighted by molar-refractivity contribution is -0.280. The summed E-state index contributed by atoms with van der Waals surface area (Å²) in [5.41, 5.74) is 1.94. The third-order valence-electron chi connectivity index (χ3n) is 17.3. The second-order valence-corrected chi connectivity index (χ2v) is 31.4. The van der Waals surface area contributed by atoms with Gasteiger partial charge in [0, 0.05) is 49.8 Å². The Labute approximate surface area is 628 Å². The van der Waals surface area contributed by atoms with E-state index in [2.05, 4.69) is 48.1 Å². The van der Waals surface area contributed by atoms with Crippen molar-refractivity contribution in [1.82, 2.24) is 66.1 Å². The second-order valence-electron chi connectivity index (χ2n) is 25.0. The Morgan fingerprint density at radius 3 is 2.21 bits per heavy atom. The zero-order valence-electron chi connectivity index (χ0n) is 58.4. The van der Waals surface area contributed by atoms with E-state index >= 15 is 19.2 Å². The van der Waals surface area contributed by atoms with Crippen molar-refractivity contribution >= 4 is 128 Å². The van der Waals surface area contributed by atoms with Crippen molar-refractivity contribution in [1.29, 1.82) is 0 Å². The monoisotopic (exact) mass is 1590 g/mol. The van der Waals surface area contributed by atoms with Crippen LogP contribution in [0.3, 0.4) is 0 Å². The van der Waals surface area contributed by atoms with E-state index in [0.717, 1.165) is 61.4 Å². The molecular formula is C66H71N14O21PS5. The summed E-state index contributed by atoms with van der Waals surface area (Å²) in [5, 5.41) is 55.5. The molecule has 566 valence electrons. The minimum Gasteiger partial charge on any atom is -0.506 e. The Hall–Kier alpha value is -9.39. The van der Waals surface area contributed by atoms with Gasteiger partial charge in [0.1, 0.15) is 120 Å². The molecule has 1 unspecified atom stereocenters. The van der Waals surface area contributed by atoms with Gasteiger partial charge in [-0.1, -0.05) is 18.7 Å². The summed E-state index contributed by atoms with van der Waals surface area (Å²) in [7, 11) is 0.690. The Kier molecular flexibility index (Phi) is 23.0. The van der Waals surface area contributed by atoms with Gasteiger partial charge in [-0.3, -0.25) is 33.3 Å². The van der Waals surface area contributed by atoms with Crippen LogP contribution in [0.25, 0.3) is 49.3 Å². The van der Waals surface area contributed by atoms with Crippen molar-refractivity contribution in [3.63, 3.8) is 0 Å². The molecule has 10 N–H and O–H groups in total. The number of carbonyl (C=O) groups is 8. The number of aliphatic hydroxyl groups is 2. The predicted octanol–water partition coefficient (Wildman–Crippen LogP) is 5.31. The summed E-state index contributed by atoms with van der Waals surface area (Å²) >= 11 is 4.40. The number of cyclic esters (lactones) is 2. The van der Waals surface area contributed by atoms with Gasteiger partial charge in [0.05, 0.1) is 62.0 Å². The first-order valence-corrected chi connectivity index (χ1v) is 38.9. The highest BCUT2D eigenvalue weighted by atomic mass is 32.1. The van der Waals surface area contributed by atoms with Crippen LogP contribution >= 0.6 is 64.3 Å². The largest absolute Gasteiger partial charge is 0.506 e. The number of allylic oxidation sites excluding steroid dienone is 1. The summed E-state index contributed by atoms with van der Waals surface area (Å²) in [6.45, 7) is 10.6. The van der Waals surface area contributed by atoms with Crippen LogP contribution in [-0.2, 0) is 69.6 Å². The van der Waals surface area contributed by atoms with Crippen LogP contribution in [0.5, 0.6) is 5.75 Å². The normalized spacial score (nSPS) is 23.1. The fraction of sp³-hybridized carbons (Fsp3) is 0.394. The third kappa shape index (κ3) is 16.1. The molecule has 4 aliphatic heterocycles. The van der Waals surface area contributed by atoms with Crippen LogP contribution in [0, 0.1) is 0 Å². The van der Waals surface area contributed by atoms with E-state index in [4.69, 9.17) is 63.0 Å². The van der Waals surface area contributed by atoms with Crippen molar-refractivity contribution in [3.05, 3.63) is 124 Å². The molecule has 4 aliphatic rings. The molecule has 41 heteroatoms. The number of carbonyl (C=O) groups excluding carboxylic acids is 8. The number of nitrogens with two attached hydrogens (primary N) is 1. The second kappa shape index (κ2) is 31.8. The van der Waals surface area contributed by atoms with Gasteiger partial charge in [0.15, 0.2) is 18.1 Å². The molecule has 1 saturated heterocycles. The highest BCUT2D eigenvalue weighted by molar-refractivity contribution is 7.53. The lowest BCUT2D eigenvalue weighted by atomic mass is 9.85. The SMILES string of the molecule is C=C(NC(=O)c1csc(-c2nc3c(cc2O)-c2nc(cs2)C(=O)N[C@@H]([C@@H](C)O)C(=O)N/C(=C(/C)OC)c2nc(cs2)C(=O)N[C@@H]2c4nc(cs4)C(=O)N[C@@H](COC(=O)c4c5c6c(cccc6n4OCP(=O)(OCC)OCC)COC(=O)[C@@H](O[C@H]4C[C@](C)(O)C(N(C)C)[C@H](C)O4)[C@H]2OC5)c2nc-3cs2)n1)C(N)=O. The van der Waals surface area contributed by atoms with Crippen LogP contribution in [-0.4, -0.2) is 198 Å². The maximum atomic E-state index is 15.7. The summed E-state index contributed by atoms with van der Waals surface area (Å²) in [4.78, 5) is 152. The zero-order valence-corrected chi connectivity index (χ0v) is 63.4. The Morgan fingerprint density at radius 2 is 1.51 bits per heavy atom. The highest BCUT2D eigenvalue weighted by Crippen LogP contribution is 2.48. The van der Waals surface area contributed by atoms with Gasteiger partial charge in [-0.2, -0.15) is 4.73 Å². The first-order valence-electron chi connectivity index (χ1n) is 32.8. The average Bonchev–Trinajstić information content (AvgIpc) is 1.61. The van der Waals surface area contributed by atoms with Crippen LogP contribution in [0.1, 0.15) is 139 Å². The van der Waals surface area contributed by atoms with Gasteiger partial charge in [-0.15, -0.1) is 56.7 Å². The fourth-order valence-electron chi connectivity index (χ4n) is 12.5. The van der Waals surface area contributed by atoms with Crippen LogP contribution in [0.15, 0.2) is 69.2 Å². The summed E-state index contributed by atoms with van der Waals surface area (Å²) in [6, 6.07) is 0.565. The summed E-state index contributed by atoms with van der Waals surface area (Å²) < 4.78 is 65.0. The summed E-state index contributed by atoms with van der Waals surface area (Å²) in [6.07, 6.45) is -8.57. The number of methoxy groups -OCH3 is 1. The van der Waals surface area contributed by atoms with Gasteiger partial charge in [-0.25, -0.2) is 39.5 Å². The maximum Gasteiger partial charge on any atom is 0.370 e. The molecule has 107 heavy (non-hydrogen) atoms. The van der Waals surface area contributed by atoms with Gasteiger partial charge < -0.3 is 94.8 Å². The molecule has 0 saturated carbocycles. The highest BCUT2D eigenvalue weighted by Gasteiger charge is 2.50. The minimum absolute atomic E-state index is 0.00929. The van der Waals surface area contributed by atoms with Crippen molar-refractivity contribution in [2.24, 2.45) is 5.73 Å². The number of pyridine rings is 1. The van der Waals surface area contributed by atoms with E-state index in [9.17, 15) is 39.1 Å². The molecule has 6 amide bonds. The number of fused-ring (bicyclic) bond motifs is 15. The van der Waals surface area contributed by atoms with Gasteiger partial charge in [-0.05, 0) is 73.3 Å². The number of nitrogens with one attached hydrogen (secondary N) is 5. The van der Waals surface area contributed by atoms with E-state index in [0.29, 0.717) is 0 Å². The standard InChI is InChI=1S/C66H71N14O21PS5/c1-11-98-102(92,99-12-2)26-97-80-40-15-13-14-31-18-95-65(90)51(101-42-17-66(7,91)52(79(8)9)30(6)100-42)50-48-63-74-37(24-107-63)55(85)69-34(20-96-64(89)49(80)33(19-94-50)43(31)40)60-70-35(21-104-60)46-32(16-41(82)47(75-46)62-73-36(23-106-62)54(84)68-27(3)53(67)83)59-71-38(22-103-59)56(86)76-44(28(4)81)58(88)77-45(29(5)93-10)61-72-39(25-105-61)57(87)78-48/h13-16,21-25,28,30,34,42,44,48,50-52,81-82,91H,3,11-12,17-20,26H2,1-2,4-10H3,(H2,67,83)(H,68,84)(H,69,85)(H,76,86)(H,77,88)(H,78,87)/b45-29-/t28-,30+,34+,42+,44+,48+,50+,51+,52?,66+/m1/s1. The molecule has 12 rings (SSSR count). The number of aromatic nitrogens is 7. The van der Waals surface area contributed by atoms with Crippen LogP contribution in [0.4, 0.5) is 0 Å². The molecule has 35 nitrogen and oxygen atoms in total. The smallest absolute Gasteiger partial charge is 0.370 e. The first kappa shape index (κ1) is 77.2. The number of likely N-dealkylation sites (N-methyl/N-ethyl adjacent to an activating group) is 1. The van der Waals surface area contributed by atoms with Crippen molar-refractivity contribution in [2.75, 3.05) is 47.4 Å². The Balaban J connectivity index is 1.07. The van der Waals surface area contributed by atoms with E-state index in [1.54, 1.807) is 64.9 Å². The molecule has 8 aromatic rings. The maximum absolute atomic E-state index is 15.7. The number of benzene rings is 1. The van der Waals surface area contributed by atoms with E-state index in [-0.39, 0.29) is 124 Å². The first-order chi connectivity index (χ1) is 51.0. The minimum atomic E-state index is -4.13. The zero-order chi connectivity index (χ0) is 76.7. The molecule has 11 heterocycles. The lowest BCUT2D eigenvalue weighted by Crippen LogP contribution is -2.62. The fourth-order valence-corrected chi connectivity index (χ4v) is 17.9. The number of esters is 2. The number of primary amides is 1. The number of hydrogen-bond acceptors (Lipinski definition) is 33. The number of amides is 6. The third-order valence-corrected chi connectivity index (χ3v) is 23.5. The summed E-state index contributed by atoms with van der Waals surface area (Å²) in [5.74, 6) is -8.43. The number of rotatable bonds is 16. The number of aromatic hydroxyl groups is 1. The number of ether oxygens (including phenoxy) is 6. The molecule has 7 aromatic heterocycles. The molecule has 1 fully saturated rings. The van der Waals surface area contributed by atoms with Crippen molar-refractivity contribution < 1.29 is 101 Å². The molecule has 0 radical (unpaired) electrons. The molecule has 0 aliphatic carbocycles. The molecular weight excluding hydrogens is 1520 g/mol. The van der Waals surface area contributed by atoms with Gasteiger partial charge >= 0.3 is 19.5 Å². The van der Waals surface area contributed by atoms with Gasteiger partial charge in [0.25, 0.3) is 29.5 Å². The van der Waals surface area contributed by atoms with Crippen molar-refractivity contribution in [2.45, 2.75) is 122 Å². The quantitative estimate of drug-likeness (QED) is 0.0256. The van der Waals surface area contributed by atoms with Crippen LogP contribution in [0.2, 0.25) is 0 Å². The topological polar surface area (TPSA) is 469 Å². The molecule has 12 bridgehead atoms. The average molecular weight is 1590 g/mol. The molecule has 0 spiro atoms. The van der Waals surface area contributed by atoms with E-state index < -0.39 is 159 Å². The molecule has 10 atom stereocenters. The number of hydrogen-bond donors (Lipinski definition) is 9. The van der Waals surface area contributed by atoms with Crippen LogP contribution < -0.4 is 37.2 Å². The van der Waals surface area contributed by atoms with E-state index in [1.807, 2.05) is 0 Å².